The van der Waals surface area contributed by atoms with Gasteiger partial charge in [-0.2, -0.15) is 0 Å². The van der Waals surface area contributed by atoms with Crippen molar-refractivity contribution >= 4 is 0 Å². The zero-order valence-electron chi connectivity index (χ0n) is 12.0. The molecule has 2 rings (SSSR count). The number of likely N-dealkylation sites (N-methyl/N-ethyl adjacent to an activating group) is 3. The summed E-state index contributed by atoms with van der Waals surface area (Å²) in [5, 5.41) is 3.49. The number of hydrogen-bond acceptors (Lipinski definition) is 3. The fourth-order valence-corrected chi connectivity index (χ4v) is 2.76. The van der Waals surface area contributed by atoms with E-state index in [2.05, 4.69) is 67.4 Å². The second-order valence-corrected chi connectivity index (χ2v) is 5.49. The number of nitrogens with one attached hydrogen (secondary N) is 1. The Balaban J connectivity index is 2.19. The number of aryl methyl sites for hydroxylation is 1. The molecule has 0 bridgehead atoms. The molecular weight excluding hydrogens is 222 g/mol. The normalized spacial score (nSPS) is 24.1. The zero-order valence-corrected chi connectivity index (χ0v) is 12.0. The Kier molecular flexibility index (Phi) is 4.38. The second kappa shape index (κ2) is 5.83. The molecule has 0 amide bonds. The van der Waals surface area contributed by atoms with Crippen LogP contribution in [-0.4, -0.2) is 56.6 Å². The van der Waals surface area contributed by atoms with Crippen molar-refractivity contribution in [3.05, 3.63) is 35.4 Å². The van der Waals surface area contributed by atoms with Gasteiger partial charge in [-0.05, 0) is 33.6 Å². The van der Waals surface area contributed by atoms with E-state index >= 15 is 0 Å². The standard InChI is InChI=1S/C15H25N3/c1-12-5-7-13(8-6-12)15(16-2)14-11-17(3)9-10-18(14)4/h5-8,14-16H,9-11H2,1-4H3. The first-order valence-electron chi connectivity index (χ1n) is 6.74. The highest BCUT2D eigenvalue weighted by molar-refractivity contribution is 5.25. The minimum Gasteiger partial charge on any atom is -0.312 e. The lowest BCUT2D eigenvalue weighted by Crippen LogP contribution is -2.54. The van der Waals surface area contributed by atoms with Crippen LogP contribution in [0.5, 0.6) is 0 Å². The topological polar surface area (TPSA) is 18.5 Å². The summed E-state index contributed by atoms with van der Waals surface area (Å²) in [5.41, 5.74) is 2.71. The highest BCUT2D eigenvalue weighted by atomic mass is 15.3. The maximum atomic E-state index is 3.49. The smallest absolute Gasteiger partial charge is 0.0488 e. The van der Waals surface area contributed by atoms with E-state index in [-0.39, 0.29) is 0 Å². The van der Waals surface area contributed by atoms with Crippen LogP contribution in [0.15, 0.2) is 24.3 Å². The minimum absolute atomic E-state index is 0.401. The zero-order chi connectivity index (χ0) is 13.1. The Morgan fingerprint density at radius 1 is 1.17 bits per heavy atom. The van der Waals surface area contributed by atoms with Crippen molar-refractivity contribution in [3.8, 4) is 0 Å². The highest BCUT2D eigenvalue weighted by Crippen LogP contribution is 2.23. The van der Waals surface area contributed by atoms with E-state index in [1.807, 2.05) is 0 Å². The van der Waals surface area contributed by atoms with Crippen LogP contribution in [-0.2, 0) is 0 Å². The van der Waals surface area contributed by atoms with Gasteiger partial charge in [0.05, 0.1) is 0 Å². The molecule has 0 radical (unpaired) electrons. The van der Waals surface area contributed by atoms with Gasteiger partial charge in [0.1, 0.15) is 0 Å². The van der Waals surface area contributed by atoms with Crippen molar-refractivity contribution < 1.29 is 0 Å². The Morgan fingerprint density at radius 2 is 1.83 bits per heavy atom. The maximum absolute atomic E-state index is 3.49. The van der Waals surface area contributed by atoms with E-state index in [1.54, 1.807) is 0 Å². The van der Waals surface area contributed by atoms with Crippen LogP contribution in [0.4, 0.5) is 0 Å². The quantitative estimate of drug-likeness (QED) is 0.873. The molecule has 100 valence electrons. The minimum atomic E-state index is 0.401. The van der Waals surface area contributed by atoms with Crippen LogP contribution in [0.3, 0.4) is 0 Å². The van der Waals surface area contributed by atoms with Crippen LogP contribution in [0, 0.1) is 6.92 Å². The summed E-state index contributed by atoms with van der Waals surface area (Å²) in [6.07, 6.45) is 0. The van der Waals surface area contributed by atoms with E-state index < -0.39 is 0 Å². The molecule has 3 nitrogen and oxygen atoms in total. The summed E-state index contributed by atoms with van der Waals surface area (Å²) in [6.45, 7) is 5.57. The summed E-state index contributed by atoms with van der Waals surface area (Å²) in [7, 11) is 6.50. The summed E-state index contributed by atoms with van der Waals surface area (Å²) in [5.74, 6) is 0. The average Bonchev–Trinajstić information content (AvgIpc) is 2.37. The van der Waals surface area contributed by atoms with Gasteiger partial charge in [-0.3, -0.25) is 4.90 Å². The Bertz CT molecular complexity index is 374. The van der Waals surface area contributed by atoms with Crippen molar-refractivity contribution in [2.75, 3.05) is 40.8 Å². The lowest BCUT2D eigenvalue weighted by molar-refractivity contribution is 0.0897. The maximum Gasteiger partial charge on any atom is 0.0488 e. The van der Waals surface area contributed by atoms with Crippen molar-refractivity contribution in [1.82, 2.24) is 15.1 Å². The molecule has 1 aliphatic rings. The summed E-state index contributed by atoms with van der Waals surface area (Å²) in [4.78, 5) is 4.89. The molecule has 1 saturated heterocycles. The van der Waals surface area contributed by atoms with Gasteiger partial charge >= 0.3 is 0 Å². The molecule has 3 heteroatoms. The molecule has 2 atom stereocenters. The molecule has 0 aliphatic carbocycles. The molecule has 18 heavy (non-hydrogen) atoms. The number of benzene rings is 1. The third-order valence-corrected chi connectivity index (χ3v) is 4.03. The predicted octanol–water partition coefficient (Wildman–Crippen LogP) is 1.50. The number of rotatable bonds is 3. The molecular formula is C15H25N3. The molecule has 1 heterocycles. The summed E-state index contributed by atoms with van der Waals surface area (Å²) in [6, 6.07) is 9.84. The van der Waals surface area contributed by atoms with E-state index in [9.17, 15) is 0 Å². The largest absolute Gasteiger partial charge is 0.312 e. The van der Waals surface area contributed by atoms with Crippen molar-refractivity contribution in [3.63, 3.8) is 0 Å². The molecule has 1 aromatic carbocycles. The molecule has 0 saturated carbocycles. The van der Waals surface area contributed by atoms with E-state index in [0.29, 0.717) is 12.1 Å². The van der Waals surface area contributed by atoms with Crippen LogP contribution in [0.1, 0.15) is 17.2 Å². The van der Waals surface area contributed by atoms with Gasteiger partial charge in [0.2, 0.25) is 0 Å². The third kappa shape index (κ3) is 2.91. The van der Waals surface area contributed by atoms with Crippen molar-refractivity contribution in [2.24, 2.45) is 0 Å². The fourth-order valence-electron chi connectivity index (χ4n) is 2.76. The average molecular weight is 247 g/mol. The van der Waals surface area contributed by atoms with Crippen molar-refractivity contribution in [1.29, 1.82) is 0 Å². The molecule has 0 aromatic heterocycles. The SMILES string of the molecule is CNC(c1ccc(C)cc1)C1CN(C)CCN1C. The van der Waals surface area contributed by atoms with Crippen LogP contribution in [0.2, 0.25) is 0 Å². The van der Waals surface area contributed by atoms with Gasteiger partial charge in [-0.1, -0.05) is 29.8 Å². The Labute approximate surface area is 111 Å². The van der Waals surface area contributed by atoms with Gasteiger partial charge < -0.3 is 10.2 Å². The Hall–Kier alpha value is -0.900. The molecule has 2 unspecified atom stereocenters. The van der Waals surface area contributed by atoms with Crippen LogP contribution in [0.25, 0.3) is 0 Å². The number of piperazine rings is 1. The van der Waals surface area contributed by atoms with Gasteiger partial charge in [-0.15, -0.1) is 0 Å². The van der Waals surface area contributed by atoms with E-state index in [0.717, 1.165) is 19.6 Å². The second-order valence-electron chi connectivity index (χ2n) is 5.49. The molecule has 1 fully saturated rings. The van der Waals surface area contributed by atoms with Crippen molar-refractivity contribution in [2.45, 2.75) is 19.0 Å². The van der Waals surface area contributed by atoms with Gasteiger partial charge in [0, 0.05) is 31.7 Å². The fraction of sp³-hybridized carbons (Fsp3) is 0.600. The van der Waals surface area contributed by atoms with E-state index in [1.165, 1.54) is 11.1 Å². The first kappa shape index (κ1) is 13.5. The Morgan fingerprint density at radius 3 is 2.44 bits per heavy atom. The monoisotopic (exact) mass is 247 g/mol. The van der Waals surface area contributed by atoms with Crippen LogP contribution < -0.4 is 5.32 Å². The number of nitrogens with zero attached hydrogens (tertiary/aromatic N) is 2. The lowest BCUT2D eigenvalue weighted by atomic mass is 9.96. The van der Waals surface area contributed by atoms with Gasteiger partial charge in [0.15, 0.2) is 0 Å². The first-order chi connectivity index (χ1) is 8.61. The summed E-state index contributed by atoms with van der Waals surface area (Å²) < 4.78 is 0. The molecule has 1 aromatic rings. The highest BCUT2D eigenvalue weighted by Gasteiger charge is 2.29. The van der Waals surface area contributed by atoms with Crippen LogP contribution >= 0.6 is 0 Å². The lowest BCUT2D eigenvalue weighted by Gasteiger charge is -2.42. The predicted molar refractivity (Wildman–Crippen MR) is 76.9 cm³/mol. The molecule has 0 spiro atoms. The van der Waals surface area contributed by atoms with E-state index in [4.69, 9.17) is 0 Å². The number of hydrogen-bond donors (Lipinski definition) is 1. The third-order valence-electron chi connectivity index (χ3n) is 4.03. The first-order valence-corrected chi connectivity index (χ1v) is 6.74. The van der Waals surface area contributed by atoms with Gasteiger partial charge in [0.25, 0.3) is 0 Å². The van der Waals surface area contributed by atoms with Gasteiger partial charge in [-0.25, -0.2) is 0 Å². The molecule has 1 aliphatic heterocycles. The molecule has 1 N–H and O–H groups in total. The summed E-state index contributed by atoms with van der Waals surface area (Å²) >= 11 is 0.